The largest absolute Gasteiger partial charge is 0.399 e. The van der Waals surface area contributed by atoms with Gasteiger partial charge in [-0.1, -0.05) is 6.92 Å². The van der Waals surface area contributed by atoms with E-state index in [1.807, 2.05) is 0 Å². The summed E-state index contributed by atoms with van der Waals surface area (Å²) < 4.78 is 18.6. The number of halogens is 1. The maximum atomic E-state index is 13.3. The van der Waals surface area contributed by atoms with Gasteiger partial charge >= 0.3 is 0 Å². The number of anilines is 1. The molecule has 0 aromatic heterocycles. The minimum absolute atomic E-state index is 0.254. The highest BCUT2D eigenvalue weighted by Crippen LogP contribution is 2.23. The SMILES string of the molecule is CCCOCCSc1ccc(N)cc1F. The summed E-state index contributed by atoms with van der Waals surface area (Å²) in [5, 5.41) is 0. The van der Waals surface area contributed by atoms with Crippen LogP contribution in [0.25, 0.3) is 0 Å². The van der Waals surface area contributed by atoms with E-state index in [-0.39, 0.29) is 5.82 Å². The second kappa shape index (κ2) is 6.69. The van der Waals surface area contributed by atoms with Crippen LogP contribution in [0, 0.1) is 5.82 Å². The monoisotopic (exact) mass is 229 g/mol. The number of hydrogen-bond donors (Lipinski definition) is 1. The average molecular weight is 229 g/mol. The highest BCUT2D eigenvalue weighted by molar-refractivity contribution is 7.99. The smallest absolute Gasteiger partial charge is 0.138 e. The van der Waals surface area contributed by atoms with Crippen molar-refractivity contribution in [2.24, 2.45) is 0 Å². The maximum absolute atomic E-state index is 13.3. The maximum Gasteiger partial charge on any atom is 0.138 e. The Kier molecular flexibility index (Phi) is 5.50. The van der Waals surface area contributed by atoms with E-state index < -0.39 is 0 Å². The third-order valence-electron chi connectivity index (χ3n) is 1.79. The van der Waals surface area contributed by atoms with Gasteiger partial charge in [-0.25, -0.2) is 4.39 Å². The van der Waals surface area contributed by atoms with E-state index in [1.54, 1.807) is 12.1 Å². The summed E-state index contributed by atoms with van der Waals surface area (Å²) in [6, 6.07) is 4.75. The third kappa shape index (κ3) is 4.53. The predicted octanol–water partition coefficient (Wildman–Crippen LogP) is 2.93. The molecule has 15 heavy (non-hydrogen) atoms. The molecule has 0 amide bonds. The van der Waals surface area contributed by atoms with Crippen molar-refractivity contribution >= 4 is 17.4 Å². The summed E-state index contributed by atoms with van der Waals surface area (Å²) in [4.78, 5) is 0.629. The lowest BCUT2D eigenvalue weighted by Gasteiger charge is -2.04. The van der Waals surface area contributed by atoms with Gasteiger partial charge in [-0.2, -0.15) is 0 Å². The molecule has 2 nitrogen and oxygen atoms in total. The van der Waals surface area contributed by atoms with Crippen molar-refractivity contribution in [1.82, 2.24) is 0 Å². The Bertz CT molecular complexity index is 307. The molecule has 0 unspecified atom stereocenters. The van der Waals surface area contributed by atoms with Crippen LogP contribution < -0.4 is 5.73 Å². The van der Waals surface area contributed by atoms with Crippen LogP contribution in [0.2, 0.25) is 0 Å². The zero-order chi connectivity index (χ0) is 11.1. The quantitative estimate of drug-likeness (QED) is 0.463. The van der Waals surface area contributed by atoms with E-state index in [2.05, 4.69) is 6.92 Å². The van der Waals surface area contributed by atoms with Crippen molar-refractivity contribution in [1.29, 1.82) is 0 Å². The van der Waals surface area contributed by atoms with Gasteiger partial charge in [0.2, 0.25) is 0 Å². The van der Waals surface area contributed by atoms with Gasteiger partial charge in [-0.3, -0.25) is 0 Å². The van der Waals surface area contributed by atoms with Gasteiger partial charge < -0.3 is 10.5 Å². The highest BCUT2D eigenvalue weighted by Gasteiger charge is 2.02. The Morgan fingerprint density at radius 2 is 2.20 bits per heavy atom. The number of thioether (sulfide) groups is 1. The Morgan fingerprint density at radius 3 is 2.87 bits per heavy atom. The normalized spacial score (nSPS) is 10.5. The van der Waals surface area contributed by atoms with Gasteiger partial charge in [0.15, 0.2) is 0 Å². The number of nitrogens with two attached hydrogens (primary N) is 1. The van der Waals surface area contributed by atoms with E-state index in [0.29, 0.717) is 17.2 Å². The van der Waals surface area contributed by atoms with Crippen molar-refractivity contribution in [2.75, 3.05) is 24.7 Å². The molecular formula is C11H16FNOS. The summed E-state index contributed by atoms with van der Waals surface area (Å²) in [5.74, 6) is 0.511. The number of benzene rings is 1. The summed E-state index contributed by atoms with van der Waals surface area (Å²) in [5.41, 5.74) is 5.91. The lowest BCUT2D eigenvalue weighted by molar-refractivity contribution is 0.151. The molecule has 2 N–H and O–H groups in total. The molecule has 0 radical (unpaired) electrons. The van der Waals surface area contributed by atoms with Crippen LogP contribution in [0.15, 0.2) is 23.1 Å². The van der Waals surface area contributed by atoms with Crippen molar-refractivity contribution in [3.8, 4) is 0 Å². The average Bonchev–Trinajstić information content (AvgIpc) is 2.20. The second-order valence-corrected chi connectivity index (χ2v) is 4.29. The molecule has 0 saturated carbocycles. The fraction of sp³-hybridized carbons (Fsp3) is 0.455. The van der Waals surface area contributed by atoms with Crippen LogP contribution in [0.4, 0.5) is 10.1 Å². The molecule has 84 valence electrons. The van der Waals surface area contributed by atoms with Crippen LogP contribution >= 0.6 is 11.8 Å². The van der Waals surface area contributed by atoms with Crippen LogP contribution in [0.1, 0.15) is 13.3 Å². The van der Waals surface area contributed by atoms with E-state index in [4.69, 9.17) is 10.5 Å². The number of ether oxygens (including phenoxy) is 1. The van der Waals surface area contributed by atoms with Crippen molar-refractivity contribution < 1.29 is 9.13 Å². The van der Waals surface area contributed by atoms with E-state index in [0.717, 1.165) is 18.8 Å². The van der Waals surface area contributed by atoms with Crippen molar-refractivity contribution in [3.63, 3.8) is 0 Å². The predicted molar refractivity (Wildman–Crippen MR) is 62.6 cm³/mol. The molecule has 4 heteroatoms. The minimum atomic E-state index is -0.254. The van der Waals surface area contributed by atoms with Crippen LogP contribution in [-0.2, 0) is 4.74 Å². The molecule has 0 aliphatic heterocycles. The molecule has 0 aliphatic rings. The first-order chi connectivity index (χ1) is 7.24. The summed E-state index contributed by atoms with van der Waals surface area (Å²) >= 11 is 1.45. The van der Waals surface area contributed by atoms with Gasteiger partial charge in [0, 0.05) is 22.9 Å². The Hall–Kier alpha value is -0.740. The Morgan fingerprint density at radius 1 is 1.40 bits per heavy atom. The van der Waals surface area contributed by atoms with E-state index >= 15 is 0 Å². The first-order valence-electron chi connectivity index (χ1n) is 4.99. The Labute approximate surface area is 94.0 Å². The molecule has 0 saturated heterocycles. The lowest BCUT2D eigenvalue weighted by Crippen LogP contribution is -1.98. The first-order valence-corrected chi connectivity index (χ1v) is 5.98. The van der Waals surface area contributed by atoms with Crippen molar-refractivity contribution in [2.45, 2.75) is 18.2 Å². The first kappa shape index (κ1) is 12.3. The summed E-state index contributed by atoms with van der Waals surface area (Å²) in [6.45, 7) is 3.49. The van der Waals surface area contributed by atoms with Crippen LogP contribution in [-0.4, -0.2) is 19.0 Å². The number of rotatable bonds is 6. The van der Waals surface area contributed by atoms with Crippen molar-refractivity contribution in [3.05, 3.63) is 24.0 Å². The molecule has 0 aliphatic carbocycles. The summed E-state index contributed by atoms with van der Waals surface area (Å²) in [7, 11) is 0. The van der Waals surface area contributed by atoms with Gasteiger partial charge in [0.05, 0.1) is 6.61 Å². The third-order valence-corrected chi connectivity index (χ3v) is 2.80. The van der Waals surface area contributed by atoms with E-state index in [1.165, 1.54) is 17.8 Å². The zero-order valence-corrected chi connectivity index (χ0v) is 9.65. The molecular weight excluding hydrogens is 213 g/mol. The Balaban J connectivity index is 2.31. The van der Waals surface area contributed by atoms with Gasteiger partial charge in [0.25, 0.3) is 0 Å². The second-order valence-electron chi connectivity index (χ2n) is 3.15. The molecule has 0 heterocycles. The topological polar surface area (TPSA) is 35.2 Å². The van der Waals surface area contributed by atoms with E-state index in [9.17, 15) is 4.39 Å². The molecule has 0 spiro atoms. The fourth-order valence-corrected chi connectivity index (χ4v) is 1.87. The highest BCUT2D eigenvalue weighted by atomic mass is 32.2. The zero-order valence-electron chi connectivity index (χ0n) is 8.83. The number of hydrogen-bond acceptors (Lipinski definition) is 3. The van der Waals surface area contributed by atoms with Crippen LogP contribution in [0.5, 0.6) is 0 Å². The fourth-order valence-electron chi connectivity index (χ4n) is 1.09. The van der Waals surface area contributed by atoms with Gasteiger partial charge in [-0.05, 0) is 24.6 Å². The van der Waals surface area contributed by atoms with Gasteiger partial charge in [-0.15, -0.1) is 11.8 Å². The molecule has 1 rings (SSSR count). The molecule has 1 aromatic carbocycles. The van der Waals surface area contributed by atoms with Crippen LogP contribution in [0.3, 0.4) is 0 Å². The minimum Gasteiger partial charge on any atom is -0.399 e. The number of nitrogen functional groups attached to an aromatic ring is 1. The van der Waals surface area contributed by atoms with Gasteiger partial charge in [0.1, 0.15) is 5.82 Å². The molecule has 0 fully saturated rings. The summed E-state index contributed by atoms with van der Waals surface area (Å²) in [6.07, 6.45) is 1.01. The molecule has 1 aromatic rings. The lowest BCUT2D eigenvalue weighted by atomic mass is 10.3. The standard InChI is InChI=1S/C11H16FNOS/c1-2-5-14-6-7-15-11-4-3-9(13)8-10(11)12/h3-4,8H,2,5-7,13H2,1H3. The molecule has 0 atom stereocenters. The molecule has 0 bridgehead atoms.